The van der Waals surface area contributed by atoms with Crippen LogP contribution in [0.4, 0.5) is 0 Å². The Morgan fingerprint density at radius 2 is 1.75 bits per heavy atom. The zero-order valence-corrected chi connectivity index (χ0v) is 12.4. The van der Waals surface area contributed by atoms with Gasteiger partial charge in [-0.2, -0.15) is 0 Å². The van der Waals surface area contributed by atoms with Crippen molar-refractivity contribution in [1.29, 1.82) is 0 Å². The maximum Gasteiger partial charge on any atom is 0.177 e. The average Bonchev–Trinajstić information content (AvgIpc) is 2.46. The van der Waals surface area contributed by atoms with Crippen LogP contribution in [0.5, 0.6) is 5.75 Å². The molecule has 0 saturated carbocycles. The molecule has 0 N–H and O–H groups in total. The Hall–Kier alpha value is -1.80. The highest BCUT2D eigenvalue weighted by molar-refractivity contribution is 6.30. The maximum atomic E-state index is 11.6. The van der Waals surface area contributed by atoms with Crippen LogP contribution in [0.15, 0.2) is 42.5 Å². The largest absolute Gasteiger partial charge is 0.489 e. The van der Waals surface area contributed by atoms with Gasteiger partial charge < -0.3 is 4.74 Å². The number of halogens is 1. The Morgan fingerprint density at radius 3 is 2.40 bits per heavy atom. The third-order valence-electron chi connectivity index (χ3n) is 3.31. The second-order valence-electron chi connectivity index (χ2n) is 4.74. The van der Waals surface area contributed by atoms with E-state index >= 15 is 0 Å². The van der Waals surface area contributed by atoms with E-state index in [-0.39, 0.29) is 11.7 Å². The third kappa shape index (κ3) is 3.40. The first kappa shape index (κ1) is 14.6. The van der Waals surface area contributed by atoms with Crippen LogP contribution in [0.2, 0.25) is 0 Å². The molecule has 0 aliphatic rings. The van der Waals surface area contributed by atoms with Crippen LogP contribution in [-0.2, 0) is 6.61 Å². The Labute approximate surface area is 124 Å². The summed E-state index contributed by atoms with van der Waals surface area (Å²) in [5.41, 5.74) is 4.18. The smallest absolute Gasteiger partial charge is 0.177 e. The van der Waals surface area contributed by atoms with E-state index in [1.54, 1.807) is 18.2 Å². The Balaban J connectivity index is 2.13. The van der Waals surface area contributed by atoms with Crippen molar-refractivity contribution in [2.24, 2.45) is 0 Å². The number of Topliss-reactive ketones (excluding diaryl/α,β-unsaturated/α-hetero) is 1. The van der Waals surface area contributed by atoms with Crippen LogP contribution in [-0.4, -0.2) is 11.7 Å². The molecule has 0 unspecified atom stereocenters. The number of hydrogen-bond acceptors (Lipinski definition) is 2. The molecule has 0 atom stereocenters. The lowest BCUT2D eigenvalue weighted by Gasteiger charge is -2.12. The molecule has 0 aromatic heterocycles. The molecule has 104 valence electrons. The first-order chi connectivity index (χ1) is 9.61. The van der Waals surface area contributed by atoms with E-state index in [9.17, 15) is 4.79 Å². The van der Waals surface area contributed by atoms with Gasteiger partial charge in [0.1, 0.15) is 12.4 Å². The Bertz CT molecular complexity index is 600. The van der Waals surface area contributed by atoms with Crippen molar-refractivity contribution < 1.29 is 9.53 Å². The number of ketones is 1. The molecule has 3 heteroatoms. The second kappa shape index (κ2) is 6.58. The summed E-state index contributed by atoms with van der Waals surface area (Å²) in [6, 6.07) is 13.3. The molecule has 0 radical (unpaired) electrons. The van der Waals surface area contributed by atoms with Gasteiger partial charge in [-0.25, -0.2) is 0 Å². The van der Waals surface area contributed by atoms with Crippen molar-refractivity contribution in [3.05, 3.63) is 64.7 Å². The zero-order chi connectivity index (χ0) is 14.5. The molecule has 0 bridgehead atoms. The van der Waals surface area contributed by atoms with Gasteiger partial charge in [-0.15, -0.1) is 11.6 Å². The van der Waals surface area contributed by atoms with Crippen molar-refractivity contribution in [2.45, 2.75) is 20.5 Å². The molecule has 0 aliphatic carbocycles. The number of rotatable bonds is 5. The van der Waals surface area contributed by atoms with E-state index in [1.165, 1.54) is 16.7 Å². The number of alkyl halides is 1. The summed E-state index contributed by atoms with van der Waals surface area (Å²) in [4.78, 5) is 11.6. The SMILES string of the molecule is Cc1cccc(C)c1COc1cccc(C(=O)CCl)c1. The lowest BCUT2D eigenvalue weighted by molar-refractivity contribution is 0.102. The monoisotopic (exact) mass is 288 g/mol. The van der Waals surface area contributed by atoms with Gasteiger partial charge in [-0.1, -0.05) is 30.3 Å². The molecular weight excluding hydrogens is 272 g/mol. The lowest BCUT2D eigenvalue weighted by Crippen LogP contribution is -2.03. The van der Waals surface area contributed by atoms with E-state index in [1.807, 2.05) is 12.1 Å². The number of ether oxygens (including phenoxy) is 1. The van der Waals surface area contributed by atoms with Crippen molar-refractivity contribution in [3.63, 3.8) is 0 Å². The standard InChI is InChI=1S/C17H17ClO2/c1-12-5-3-6-13(2)16(12)11-20-15-8-4-7-14(9-15)17(19)10-18/h3-9H,10-11H2,1-2H3. The normalized spacial score (nSPS) is 10.3. The van der Waals surface area contributed by atoms with Gasteiger partial charge in [0, 0.05) is 5.56 Å². The van der Waals surface area contributed by atoms with Crippen molar-refractivity contribution in [3.8, 4) is 5.75 Å². The predicted octanol–water partition coefficient (Wildman–Crippen LogP) is 4.30. The number of carbonyl (C=O) groups is 1. The highest BCUT2D eigenvalue weighted by Crippen LogP contribution is 2.19. The molecule has 0 spiro atoms. The molecule has 0 saturated heterocycles. The summed E-state index contributed by atoms with van der Waals surface area (Å²) in [6.07, 6.45) is 0. The number of hydrogen-bond donors (Lipinski definition) is 0. The number of aryl methyl sites for hydroxylation is 2. The van der Waals surface area contributed by atoms with Gasteiger partial charge in [-0.3, -0.25) is 4.79 Å². The fourth-order valence-corrected chi connectivity index (χ4v) is 2.22. The molecule has 2 aromatic rings. The predicted molar refractivity (Wildman–Crippen MR) is 81.7 cm³/mol. The first-order valence-electron chi connectivity index (χ1n) is 6.49. The first-order valence-corrected chi connectivity index (χ1v) is 7.02. The summed E-state index contributed by atoms with van der Waals surface area (Å²) >= 11 is 5.56. The van der Waals surface area contributed by atoms with Gasteiger partial charge >= 0.3 is 0 Å². The topological polar surface area (TPSA) is 26.3 Å². The van der Waals surface area contributed by atoms with Gasteiger partial charge in [0.05, 0.1) is 5.88 Å². The van der Waals surface area contributed by atoms with E-state index in [2.05, 4.69) is 26.0 Å². The Morgan fingerprint density at radius 1 is 1.10 bits per heavy atom. The van der Waals surface area contributed by atoms with Gasteiger partial charge in [0.25, 0.3) is 0 Å². The minimum atomic E-state index is -0.0933. The Kier molecular flexibility index (Phi) is 4.80. The third-order valence-corrected chi connectivity index (χ3v) is 3.55. The summed E-state index contributed by atoms with van der Waals surface area (Å²) in [7, 11) is 0. The number of benzene rings is 2. The van der Waals surface area contributed by atoms with Crippen LogP contribution < -0.4 is 4.74 Å². The van der Waals surface area contributed by atoms with Crippen LogP contribution in [0.3, 0.4) is 0 Å². The highest BCUT2D eigenvalue weighted by Gasteiger charge is 2.07. The van der Waals surface area contributed by atoms with E-state index in [0.717, 1.165) is 0 Å². The van der Waals surface area contributed by atoms with E-state index in [0.29, 0.717) is 17.9 Å². The fraction of sp³-hybridized carbons (Fsp3) is 0.235. The minimum absolute atomic E-state index is 0.0135. The van der Waals surface area contributed by atoms with Crippen molar-refractivity contribution in [2.75, 3.05) is 5.88 Å². The van der Waals surface area contributed by atoms with Crippen LogP contribution >= 0.6 is 11.6 Å². The zero-order valence-electron chi connectivity index (χ0n) is 11.7. The van der Waals surface area contributed by atoms with Crippen LogP contribution in [0, 0.1) is 13.8 Å². The fourth-order valence-electron chi connectivity index (χ4n) is 2.07. The minimum Gasteiger partial charge on any atom is -0.489 e. The molecule has 0 aliphatic heterocycles. The lowest BCUT2D eigenvalue weighted by atomic mass is 10.0. The summed E-state index contributed by atoms with van der Waals surface area (Å²) < 4.78 is 5.79. The summed E-state index contributed by atoms with van der Waals surface area (Å²) in [5, 5.41) is 0. The van der Waals surface area contributed by atoms with Gasteiger partial charge in [0.2, 0.25) is 0 Å². The second-order valence-corrected chi connectivity index (χ2v) is 5.01. The van der Waals surface area contributed by atoms with Crippen molar-refractivity contribution in [1.82, 2.24) is 0 Å². The molecule has 2 aromatic carbocycles. The number of carbonyl (C=O) groups excluding carboxylic acids is 1. The summed E-state index contributed by atoms with van der Waals surface area (Å²) in [6.45, 7) is 4.63. The van der Waals surface area contributed by atoms with Crippen LogP contribution in [0.25, 0.3) is 0 Å². The van der Waals surface area contributed by atoms with Gasteiger partial charge in [0.15, 0.2) is 5.78 Å². The van der Waals surface area contributed by atoms with E-state index < -0.39 is 0 Å². The molecule has 2 nitrogen and oxygen atoms in total. The molecule has 0 heterocycles. The quantitative estimate of drug-likeness (QED) is 0.605. The molecular formula is C17H17ClO2. The molecule has 20 heavy (non-hydrogen) atoms. The van der Waals surface area contributed by atoms with Crippen molar-refractivity contribution >= 4 is 17.4 Å². The van der Waals surface area contributed by atoms with Crippen LogP contribution in [0.1, 0.15) is 27.0 Å². The molecule has 2 rings (SSSR count). The highest BCUT2D eigenvalue weighted by atomic mass is 35.5. The summed E-state index contributed by atoms with van der Waals surface area (Å²) in [5.74, 6) is 0.577. The molecule has 0 fully saturated rings. The van der Waals surface area contributed by atoms with Gasteiger partial charge in [-0.05, 0) is 42.7 Å². The maximum absolute atomic E-state index is 11.6. The average molecular weight is 289 g/mol. The molecule has 0 amide bonds. The van der Waals surface area contributed by atoms with E-state index in [4.69, 9.17) is 16.3 Å².